The first-order valence-electron chi connectivity index (χ1n) is 7.28. The summed E-state index contributed by atoms with van der Waals surface area (Å²) in [5.74, 6) is -2.39. The first-order chi connectivity index (χ1) is 10.6. The molecule has 6 nitrogen and oxygen atoms in total. The number of carbonyl (C=O) groups excluding carboxylic acids is 1. The molecule has 118 valence electrons. The van der Waals surface area contributed by atoms with E-state index >= 15 is 0 Å². The van der Waals surface area contributed by atoms with Gasteiger partial charge in [0, 0.05) is 5.56 Å². The number of hydrogen-bond acceptors (Lipinski definition) is 5. The van der Waals surface area contributed by atoms with Gasteiger partial charge >= 0.3 is 11.9 Å². The van der Waals surface area contributed by atoms with Gasteiger partial charge in [-0.15, -0.1) is 0 Å². The summed E-state index contributed by atoms with van der Waals surface area (Å²) in [4.78, 5) is 23.7. The molecular weight excluding hydrogens is 288 g/mol. The molecule has 0 saturated carbocycles. The fourth-order valence-electron chi connectivity index (χ4n) is 3.36. The van der Waals surface area contributed by atoms with Crippen LogP contribution in [0.3, 0.4) is 0 Å². The van der Waals surface area contributed by atoms with Crippen LogP contribution in [0.2, 0.25) is 0 Å². The summed E-state index contributed by atoms with van der Waals surface area (Å²) < 4.78 is 16.1. The minimum Gasteiger partial charge on any atom is -0.496 e. The molecule has 0 spiro atoms. The molecule has 2 heterocycles. The molecule has 2 aliphatic heterocycles. The van der Waals surface area contributed by atoms with E-state index in [1.54, 1.807) is 19.2 Å². The van der Waals surface area contributed by atoms with Gasteiger partial charge in [-0.1, -0.05) is 18.2 Å². The third-order valence-electron chi connectivity index (χ3n) is 4.39. The van der Waals surface area contributed by atoms with E-state index in [0.717, 1.165) is 5.56 Å². The van der Waals surface area contributed by atoms with E-state index < -0.39 is 23.8 Å². The van der Waals surface area contributed by atoms with Gasteiger partial charge in [-0.25, -0.2) is 0 Å². The van der Waals surface area contributed by atoms with Crippen molar-refractivity contribution in [2.75, 3.05) is 7.11 Å². The predicted molar refractivity (Wildman–Crippen MR) is 75.3 cm³/mol. The zero-order valence-corrected chi connectivity index (χ0v) is 12.2. The van der Waals surface area contributed by atoms with Crippen LogP contribution in [-0.2, 0) is 25.7 Å². The Bertz CT molecular complexity index is 584. The van der Waals surface area contributed by atoms with Gasteiger partial charge < -0.3 is 19.3 Å². The quantitative estimate of drug-likeness (QED) is 0.832. The van der Waals surface area contributed by atoms with E-state index in [1.165, 1.54) is 0 Å². The number of carboxylic acids is 1. The van der Waals surface area contributed by atoms with Gasteiger partial charge in [0.05, 0.1) is 31.2 Å². The van der Waals surface area contributed by atoms with Gasteiger partial charge in [0.2, 0.25) is 0 Å². The second kappa shape index (κ2) is 5.96. The van der Waals surface area contributed by atoms with Crippen molar-refractivity contribution in [2.24, 2.45) is 11.8 Å². The Balaban J connectivity index is 1.68. The molecule has 0 radical (unpaired) electrons. The molecule has 2 bridgehead atoms. The minimum absolute atomic E-state index is 0.0586. The predicted octanol–water partition coefficient (Wildman–Crippen LogP) is 1.62. The molecule has 3 rings (SSSR count). The minimum atomic E-state index is -0.994. The average molecular weight is 306 g/mol. The lowest BCUT2D eigenvalue weighted by Gasteiger charge is -2.23. The molecule has 0 aromatic heterocycles. The van der Waals surface area contributed by atoms with Crippen LogP contribution in [0, 0.1) is 11.8 Å². The van der Waals surface area contributed by atoms with E-state index in [1.807, 2.05) is 12.1 Å². The largest absolute Gasteiger partial charge is 0.496 e. The molecule has 2 saturated heterocycles. The number of carbonyl (C=O) groups is 2. The van der Waals surface area contributed by atoms with E-state index in [2.05, 4.69) is 0 Å². The van der Waals surface area contributed by atoms with Crippen LogP contribution in [0.4, 0.5) is 0 Å². The normalized spacial score (nSPS) is 29.3. The summed E-state index contributed by atoms with van der Waals surface area (Å²) in [6, 6.07) is 7.24. The van der Waals surface area contributed by atoms with Gasteiger partial charge in [-0.05, 0) is 18.9 Å². The van der Waals surface area contributed by atoms with Crippen LogP contribution in [0.25, 0.3) is 0 Å². The van der Waals surface area contributed by atoms with Crippen LogP contribution in [0.1, 0.15) is 18.4 Å². The SMILES string of the molecule is COc1ccccc1COC(=O)C1C(C(=O)O)[C@@H]2CC[C@H]1O2. The van der Waals surface area contributed by atoms with Crippen LogP contribution in [0.15, 0.2) is 24.3 Å². The molecule has 2 unspecified atom stereocenters. The number of para-hydroxylation sites is 1. The van der Waals surface area contributed by atoms with Crippen molar-refractivity contribution < 1.29 is 28.9 Å². The summed E-state index contributed by atoms with van der Waals surface area (Å²) in [5.41, 5.74) is 0.745. The smallest absolute Gasteiger partial charge is 0.312 e. The Labute approximate surface area is 128 Å². The Morgan fingerprint density at radius 1 is 1.23 bits per heavy atom. The maximum absolute atomic E-state index is 12.3. The average Bonchev–Trinajstić information content (AvgIpc) is 3.13. The van der Waals surface area contributed by atoms with Crippen LogP contribution < -0.4 is 4.74 Å². The number of ether oxygens (including phenoxy) is 3. The first kappa shape index (κ1) is 14.8. The summed E-state index contributed by atoms with van der Waals surface area (Å²) in [6.45, 7) is 0.0586. The van der Waals surface area contributed by atoms with Gasteiger partial charge in [0.15, 0.2) is 0 Å². The molecule has 4 atom stereocenters. The zero-order valence-electron chi connectivity index (χ0n) is 12.2. The lowest BCUT2D eigenvalue weighted by Crippen LogP contribution is -2.39. The molecule has 2 aliphatic rings. The highest BCUT2D eigenvalue weighted by atomic mass is 16.5. The number of aliphatic carboxylic acids is 1. The number of carboxylic acid groups (broad SMARTS) is 1. The van der Waals surface area contributed by atoms with E-state index in [0.29, 0.717) is 18.6 Å². The highest BCUT2D eigenvalue weighted by Gasteiger charge is 2.56. The highest BCUT2D eigenvalue weighted by molar-refractivity contribution is 5.83. The van der Waals surface area contributed by atoms with Crippen LogP contribution in [0.5, 0.6) is 5.75 Å². The van der Waals surface area contributed by atoms with Crippen molar-refractivity contribution in [3.63, 3.8) is 0 Å². The lowest BCUT2D eigenvalue weighted by atomic mass is 9.79. The number of benzene rings is 1. The molecule has 0 amide bonds. The fourth-order valence-corrected chi connectivity index (χ4v) is 3.36. The van der Waals surface area contributed by atoms with Crippen molar-refractivity contribution in [3.8, 4) is 5.75 Å². The summed E-state index contributed by atoms with van der Waals surface area (Å²) in [6.07, 6.45) is 0.698. The maximum atomic E-state index is 12.3. The van der Waals surface area contributed by atoms with Crippen molar-refractivity contribution in [1.29, 1.82) is 0 Å². The first-order valence-corrected chi connectivity index (χ1v) is 7.28. The number of esters is 1. The van der Waals surface area contributed by atoms with Crippen molar-refractivity contribution in [1.82, 2.24) is 0 Å². The third-order valence-corrected chi connectivity index (χ3v) is 4.39. The maximum Gasteiger partial charge on any atom is 0.312 e. The summed E-state index contributed by atoms with van der Waals surface area (Å²) >= 11 is 0. The molecule has 1 aromatic carbocycles. The third kappa shape index (κ3) is 2.54. The lowest BCUT2D eigenvalue weighted by molar-refractivity contribution is -0.159. The Morgan fingerprint density at radius 2 is 1.91 bits per heavy atom. The molecule has 0 aliphatic carbocycles. The second-order valence-electron chi connectivity index (χ2n) is 5.60. The molecule has 1 N–H and O–H groups in total. The Kier molecular flexibility index (Phi) is 4.02. The topological polar surface area (TPSA) is 82.1 Å². The van der Waals surface area contributed by atoms with Crippen LogP contribution >= 0.6 is 0 Å². The van der Waals surface area contributed by atoms with E-state index in [4.69, 9.17) is 14.2 Å². The zero-order chi connectivity index (χ0) is 15.7. The second-order valence-corrected chi connectivity index (χ2v) is 5.60. The van der Waals surface area contributed by atoms with Gasteiger partial charge in [0.25, 0.3) is 0 Å². The van der Waals surface area contributed by atoms with Crippen molar-refractivity contribution in [3.05, 3.63) is 29.8 Å². The van der Waals surface area contributed by atoms with Gasteiger partial charge in [-0.2, -0.15) is 0 Å². The standard InChI is InChI=1S/C16H18O6/c1-20-10-5-3-2-4-9(10)8-21-16(19)14-12-7-6-11(22-12)13(14)15(17)18/h2-5,11-14H,6-8H2,1H3,(H,17,18)/t11-,12+,13?,14?/m0/s1. The molecule has 6 heteroatoms. The molecule has 2 fully saturated rings. The van der Waals surface area contributed by atoms with Gasteiger partial charge in [0.1, 0.15) is 12.4 Å². The Hall–Kier alpha value is -2.08. The molecule has 22 heavy (non-hydrogen) atoms. The fraction of sp³-hybridized carbons (Fsp3) is 0.500. The molecule has 1 aromatic rings. The number of fused-ring (bicyclic) bond motifs is 2. The monoisotopic (exact) mass is 306 g/mol. The Morgan fingerprint density at radius 3 is 2.59 bits per heavy atom. The number of hydrogen-bond donors (Lipinski definition) is 1. The summed E-state index contributed by atoms with van der Waals surface area (Å²) in [7, 11) is 1.55. The number of methoxy groups -OCH3 is 1. The van der Waals surface area contributed by atoms with Crippen molar-refractivity contribution >= 4 is 11.9 Å². The number of rotatable bonds is 5. The molecular formula is C16H18O6. The highest BCUT2D eigenvalue weighted by Crippen LogP contribution is 2.44. The van der Waals surface area contributed by atoms with E-state index in [9.17, 15) is 14.7 Å². The van der Waals surface area contributed by atoms with Gasteiger partial charge in [-0.3, -0.25) is 9.59 Å². The summed E-state index contributed by atoms with van der Waals surface area (Å²) in [5, 5.41) is 9.31. The van der Waals surface area contributed by atoms with E-state index in [-0.39, 0.29) is 18.8 Å². The van der Waals surface area contributed by atoms with Crippen molar-refractivity contribution in [2.45, 2.75) is 31.7 Å². The van der Waals surface area contributed by atoms with Crippen LogP contribution in [-0.4, -0.2) is 36.4 Å².